The Kier molecular flexibility index (Phi) is 3.74. The van der Waals surface area contributed by atoms with Crippen LogP contribution in [-0.4, -0.2) is 4.92 Å². The fraction of sp³-hybridized carbons (Fsp3) is 0.400. The van der Waals surface area contributed by atoms with Gasteiger partial charge in [-0.15, -0.1) is 0 Å². The molecule has 1 atom stereocenters. The molecule has 0 unspecified atom stereocenters. The van der Waals surface area contributed by atoms with Gasteiger partial charge in [0.1, 0.15) is 0 Å². The van der Waals surface area contributed by atoms with Crippen LogP contribution in [0.1, 0.15) is 31.4 Å². The predicted octanol–water partition coefficient (Wildman–Crippen LogP) is 2.53. The van der Waals surface area contributed by atoms with Crippen LogP contribution >= 0.6 is 0 Å². The first-order valence-electron chi connectivity index (χ1n) is 4.75. The van der Waals surface area contributed by atoms with Gasteiger partial charge in [0.25, 0.3) is 0 Å². The average molecular weight is 212 g/mol. The molecule has 0 aliphatic heterocycles. The molecule has 0 heterocycles. The normalized spacial score (nSPS) is 12.5. The van der Waals surface area contributed by atoms with E-state index in [1.807, 2.05) is 6.92 Å². The summed E-state index contributed by atoms with van der Waals surface area (Å²) in [5.74, 6) is -0.826. The zero-order valence-corrected chi connectivity index (χ0v) is 8.44. The third kappa shape index (κ3) is 2.73. The molecule has 0 radical (unpaired) electrons. The standard InChI is InChI=1S/C10H13FN2O2/c1-2-3-9(12)7-4-5-8(11)10(6-7)13(14)15/h4-6,9H,2-3,12H2,1H3/t9-/m0/s1. The number of benzene rings is 1. The minimum Gasteiger partial charge on any atom is -0.324 e. The van der Waals surface area contributed by atoms with Crippen LogP contribution in [0.5, 0.6) is 0 Å². The van der Waals surface area contributed by atoms with E-state index in [-0.39, 0.29) is 6.04 Å². The van der Waals surface area contributed by atoms with Gasteiger partial charge in [0.15, 0.2) is 0 Å². The molecule has 0 fully saturated rings. The molecule has 1 aromatic rings. The van der Waals surface area contributed by atoms with Crippen LogP contribution in [0, 0.1) is 15.9 Å². The Hall–Kier alpha value is -1.49. The molecule has 0 spiro atoms. The second kappa shape index (κ2) is 4.84. The summed E-state index contributed by atoms with van der Waals surface area (Å²) in [6, 6.07) is 3.51. The lowest BCUT2D eigenvalue weighted by atomic mass is 10.0. The van der Waals surface area contributed by atoms with Crippen LogP contribution in [0.4, 0.5) is 10.1 Å². The van der Waals surface area contributed by atoms with Crippen LogP contribution < -0.4 is 5.73 Å². The van der Waals surface area contributed by atoms with Gasteiger partial charge >= 0.3 is 5.69 Å². The topological polar surface area (TPSA) is 69.2 Å². The van der Waals surface area contributed by atoms with Gasteiger partial charge in [-0.05, 0) is 18.1 Å². The number of nitrogens with zero attached hydrogens (tertiary/aromatic N) is 1. The van der Waals surface area contributed by atoms with Crippen LogP contribution in [0.3, 0.4) is 0 Å². The summed E-state index contributed by atoms with van der Waals surface area (Å²) in [7, 11) is 0. The van der Waals surface area contributed by atoms with Gasteiger partial charge in [-0.1, -0.05) is 19.4 Å². The number of nitro benzene ring substituents is 1. The molecule has 0 saturated carbocycles. The maximum absolute atomic E-state index is 13.0. The number of hydrogen-bond acceptors (Lipinski definition) is 3. The minimum absolute atomic E-state index is 0.269. The van der Waals surface area contributed by atoms with Crippen molar-refractivity contribution < 1.29 is 9.31 Å². The maximum Gasteiger partial charge on any atom is 0.305 e. The third-order valence-electron chi connectivity index (χ3n) is 2.19. The van der Waals surface area contributed by atoms with Crippen molar-refractivity contribution in [2.45, 2.75) is 25.8 Å². The van der Waals surface area contributed by atoms with Crippen LogP contribution in [0.15, 0.2) is 18.2 Å². The molecule has 2 N–H and O–H groups in total. The maximum atomic E-state index is 13.0. The van der Waals surface area contributed by atoms with Crippen LogP contribution in [-0.2, 0) is 0 Å². The molecule has 0 bridgehead atoms. The van der Waals surface area contributed by atoms with Crippen molar-refractivity contribution in [1.82, 2.24) is 0 Å². The predicted molar refractivity (Wildman–Crippen MR) is 54.9 cm³/mol. The van der Waals surface area contributed by atoms with Crippen molar-refractivity contribution in [3.05, 3.63) is 39.7 Å². The van der Waals surface area contributed by atoms with E-state index in [0.29, 0.717) is 5.56 Å². The quantitative estimate of drug-likeness (QED) is 0.615. The lowest BCUT2D eigenvalue weighted by Crippen LogP contribution is -2.10. The van der Waals surface area contributed by atoms with Crippen LogP contribution in [0.2, 0.25) is 0 Å². The van der Waals surface area contributed by atoms with E-state index in [0.717, 1.165) is 18.9 Å². The highest BCUT2D eigenvalue weighted by molar-refractivity contribution is 5.37. The van der Waals surface area contributed by atoms with Crippen molar-refractivity contribution in [3.8, 4) is 0 Å². The molecular weight excluding hydrogens is 199 g/mol. The lowest BCUT2D eigenvalue weighted by molar-refractivity contribution is -0.387. The van der Waals surface area contributed by atoms with Gasteiger partial charge in [-0.2, -0.15) is 4.39 Å². The van der Waals surface area contributed by atoms with E-state index >= 15 is 0 Å². The van der Waals surface area contributed by atoms with Gasteiger partial charge in [-0.25, -0.2) is 0 Å². The van der Waals surface area contributed by atoms with Crippen molar-refractivity contribution in [2.24, 2.45) is 5.73 Å². The Labute approximate surface area is 87.0 Å². The number of halogens is 1. The first kappa shape index (κ1) is 11.6. The smallest absolute Gasteiger partial charge is 0.305 e. The van der Waals surface area contributed by atoms with Crippen LogP contribution in [0.25, 0.3) is 0 Å². The first-order chi connectivity index (χ1) is 7.06. The summed E-state index contributed by atoms with van der Waals surface area (Å²) in [4.78, 5) is 9.74. The zero-order valence-electron chi connectivity index (χ0n) is 8.44. The molecule has 1 rings (SSSR count). The van der Waals surface area contributed by atoms with E-state index in [2.05, 4.69) is 0 Å². The fourth-order valence-electron chi connectivity index (χ4n) is 1.38. The Bertz CT molecular complexity index is 368. The van der Waals surface area contributed by atoms with E-state index in [1.54, 1.807) is 0 Å². The summed E-state index contributed by atoms with van der Waals surface area (Å²) < 4.78 is 13.0. The largest absolute Gasteiger partial charge is 0.324 e. The Morgan fingerprint density at radius 2 is 2.27 bits per heavy atom. The minimum atomic E-state index is -0.826. The van der Waals surface area contributed by atoms with Gasteiger partial charge in [0.2, 0.25) is 5.82 Å². The average Bonchev–Trinajstić information content (AvgIpc) is 2.18. The summed E-state index contributed by atoms with van der Waals surface area (Å²) >= 11 is 0. The molecule has 15 heavy (non-hydrogen) atoms. The lowest BCUT2D eigenvalue weighted by Gasteiger charge is -2.10. The highest BCUT2D eigenvalue weighted by Gasteiger charge is 2.16. The van der Waals surface area contributed by atoms with Gasteiger partial charge in [0, 0.05) is 12.1 Å². The third-order valence-corrected chi connectivity index (χ3v) is 2.19. The van der Waals surface area contributed by atoms with Gasteiger partial charge in [-0.3, -0.25) is 10.1 Å². The monoisotopic (exact) mass is 212 g/mol. The first-order valence-corrected chi connectivity index (χ1v) is 4.75. The number of rotatable bonds is 4. The number of nitro groups is 1. The molecule has 4 nitrogen and oxygen atoms in total. The van der Waals surface area contributed by atoms with E-state index in [4.69, 9.17) is 5.73 Å². The van der Waals surface area contributed by atoms with Crippen molar-refractivity contribution in [1.29, 1.82) is 0 Å². The summed E-state index contributed by atoms with van der Waals surface area (Å²) in [6.45, 7) is 1.97. The number of nitrogens with two attached hydrogens (primary N) is 1. The highest BCUT2D eigenvalue weighted by atomic mass is 19.1. The second-order valence-electron chi connectivity index (χ2n) is 3.36. The Morgan fingerprint density at radius 1 is 1.60 bits per heavy atom. The Balaban J connectivity index is 3.02. The van der Waals surface area contributed by atoms with Gasteiger partial charge < -0.3 is 5.73 Å². The van der Waals surface area contributed by atoms with E-state index in [9.17, 15) is 14.5 Å². The van der Waals surface area contributed by atoms with Crippen molar-refractivity contribution >= 4 is 5.69 Å². The van der Waals surface area contributed by atoms with E-state index in [1.165, 1.54) is 12.1 Å². The van der Waals surface area contributed by atoms with Crippen molar-refractivity contribution in [3.63, 3.8) is 0 Å². The molecule has 0 amide bonds. The van der Waals surface area contributed by atoms with Crippen molar-refractivity contribution in [2.75, 3.05) is 0 Å². The fourth-order valence-corrected chi connectivity index (χ4v) is 1.38. The molecule has 82 valence electrons. The Morgan fingerprint density at radius 3 is 2.80 bits per heavy atom. The SMILES string of the molecule is CCC[C@H](N)c1ccc(F)c([N+](=O)[O-])c1. The summed E-state index contributed by atoms with van der Waals surface area (Å²) in [5.41, 5.74) is 5.87. The zero-order chi connectivity index (χ0) is 11.4. The summed E-state index contributed by atoms with van der Waals surface area (Å²) in [6.07, 6.45) is 1.61. The second-order valence-corrected chi connectivity index (χ2v) is 3.36. The molecule has 1 aromatic carbocycles. The number of hydrogen-bond donors (Lipinski definition) is 1. The molecule has 0 aliphatic rings. The van der Waals surface area contributed by atoms with E-state index < -0.39 is 16.4 Å². The van der Waals surface area contributed by atoms with Gasteiger partial charge in [0.05, 0.1) is 4.92 Å². The highest BCUT2D eigenvalue weighted by Crippen LogP contribution is 2.23. The molecule has 0 saturated heterocycles. The molecule has 5 heteroatoms. The molecular formula is C10H13FN2O2. The summed E-state index contributed by atoms with van der Waals surface area (Å²) in [5, 5.41) is 10.5. The molecule has 0 aliphatic carbocycles. The molecule has 0 aromatic heterocycles.